The highest BCUT2D eigenvalue weighted by molar-refractivity contribution is 9.09. The molecule has 1 atom stereocenters. The number of Topliss-reactive ketones (excluding diaryl/α,β-unsaturated/α-hetero) is 1. The van der Waals surface area contributed by atoms with Crippen LogP contribution in [0.1, 0.15) is 49.9 Å². The molecule has 0 aliphatic heterocycles. The Labute approximate surface area is 135 Å². The number of carbonyl (C=O) groups excluding carboxylic acids is 1. The maximum absolute atomic E-state index is 14.5. The summed E-state index contributed by atoms with van der Waals surface area (Å²) in [5.41, 5.74) is 0.259. The van der Waals surface area contributed by atoms with Crippen LogP contribution in [0.5, 0.6) is 0 Å². The zero-order chi connectivity index (χ0) is 16.4. The third kappa shape index (κ3) is 4.20. The average molecular weight is 376 g/mol. The molecule has 1 rings (SSSR count). The van der Waals surface area contributed by atoms with Crippen molar-refractivity contribution in [1.29, 1.82) is 0 Å². The van der Waals surface area contributed by atoms with Crippen LogP contribution < -0.4 is 0 Å². The van der Waals surface area contributed by atoms with Gasteiger partial charge >= 0.3 is 0 Å². The zero-order valence-corrected chi connectivity index (χ0v) is 16.0. The highest BCUT2D eigenvalue weighted by Gasteiger charge is 2.39. The molecule has 0 aliphatic rings. The van der Waals surface area contributed by atoms with Crippen molar-refractivity contribution in [3.05, 3.63) is 29.3 Å². The van der Waals surface area contributed by atoms with Crippen molar-refractivity contribution >= 4 is 30.0 Å². The van der Waals surface area contributed by atoms with Crippen LogP contribution in [0.15, 0.2) is 12.3 Å². The van der Waals surface area contributed by atoms with E-state index in [0.717, 1.165) is 0 Å². The molecule has 0 spiro atoms. The summed E-state index contributed by atoms with van der Waals surface area (Å²) in [6.45, 7) is 12.4. The standard InChI is InChI=1S/C15H23BrFNO2Si/c1-10(20-21(5,6)15(2,3)4)14-13(17)11(7-8-18-14)12(19)9-16/h7-8,10H,9H2,1-6H3. The minimum absolute atomic E-state index is 0.0288. The molecule has 0 radical (unpaired) electrons. The van der Waals surface area contributed by atoms with Crippen LogP contribution >= 0.6 is 15.9 Å². The van der Waals surface area contributed by atoms with Gasteiger partial charge in [-0.1, -0.05) is 36.7 Å². The van der Waals surface area contributed by atoms with Crippen molar-refractivity contribution in [3.8, 4) is 0 Å². The van der Waals surface area contributed by atoms with Crippen molar-refractivity contribution in [1.82, 2.24) is 4.98 Å². The van der Waals surface area contributed by atoms with E-state index in [1.807, 2.05) is 0 Å². The Hall–Kier alpha value is -0.593. The monoisotopic (exact) mass is 375 g/mol. The molecule has 1 heterocycles. The van der Waals surface area contributed by atoms with Gasteiger partial charge in [0.2, 0.25) is 0 Å². The van der Waals surface area contributed by atoms with Crippen LogP contribution in [0.2, 0.25) is 18.1 Å². The van der Waals surface area contributed by atoms with Crippen molar-refractivity contribution in [2.75, 3.05) is 5.33 Å². The van der Waals surface area contributed by atoms with Crippen LogP contribution in [0.25, 0.3) is 0 Å². The quantitative estimate of drug-likeness (QED) is 0.418. The summed E-state index contributed by atoms with van der Waals surface area (Å²) in [7, 11) is -2.03. The van der Waals surface area contributed by atoms with Crippen molar-refractivity contribution in [2.24, 2.45) is 0 Å². The van der Waals surface area contributed by atoms with E-state index in [1.54, 1.807) is 6.92 Å². The first-order valence-corrected chi connectivity index (χ1v) is 11.0. The normalized spacial score (nSPS) is 14.1. The van der Waals surface area contributed by atoms with Gasteiger partial charge in [0.1, 0.15) is 5.69 Å². The smallest absolute Gasteiger partial charge is 0.192 e. The van der Waals surface area contributed by atoms with E-state index in [0.29, 0.717) is 0 Å². The first-order chi connectivity index (χ1) is 9.51. The summed E-state index contributed by atoms with van der Waals surface area (Å²) in [4.78, 5) is 15.8. The number of nitrogens with zero attached hydrogens (tertiary/aromatic N) is 1. The van der Waals surface area contributed by atoms with Gasteiger partial charge in [0.05, 0.1) is 17.0 Å². The zero-order valence-electron chi connectivity index (χ0n) is 13.5. The summed E-state index contributed by atoms with van der Waals surface area (Å²) in [5.74, 6) is -0.871. The Balaban J connectivity index is 3.09. The summed E-state index contributed by atoms with van der Waals surface area (Å²) in [6.07, 6.45) is 0.980. The van der Waals surface area contributed by atoms with Gasteiger partial charge in [-0.15, -0.1) is 0 Å². The fourth-order valence-corrected chi connectivity index (χ4v) is 3.36. The lowest BCUT2D eigenvalue weighted by atomic mass is 10.1. The predicted octanol–water partition coefficient (Wildman–Crippen LogP) is 4.88. The maximum atomic E-state index is 14.5. The molecular formula is C15H23BrFNO2Si. The molecule has 6 heteroatoms. The number of hydrogen-bond donors (Lipinski definition) is 0. The molecule has 0 aliphatic carbocycles. The van der Waals surface area contributed by atoms with E-state index in [4.69, 9.17) is 4.43 Å². The SMILES string of the molecule is CC(O[Si](C)(C)C(C)(C)C)c1nccc(C(=O)CBr)c1F. The molecule has 1 aromatic rings. The molecule has 1 unspecified atom stereocenters. The van der Waals surface area contributed by atoms with Crippen molar-refractivity contribution in [3.63, 3.8) is 0 Å². The molecule has 0 aromatic carbocycles. The van der Waals surface area contributed by atoms with Gasteiger partial charge in [-0.05, 0) is 31.1 Å². The van der Waals surface area contributed by atoms with Gasteiger partial charge in [-0.2, -0.15) is 0 Å². The molecular weight excluding hydrogens is 353 g/mol. The minimum Gasteiger partial charge on any atom is -0.409 e. The van der Waals surface area contributed by atoms with E-state index in [-0.39, 0.29) is 27.4 Å². The first kappa shape index (κ1) is 18.5. The Morgan fingerprint density at radius 3 is 2.52 bits per heavy atom. The molecule has 0 saturated heterocycles. The number of rotatable bonds is 5. The number of pyridine rings is 1. The van der Waals surface area contributed by atoms with Crippen LogP contribution in [0.3, 0.4) is 0 Å². The Kier molecular flexibility index (Phi) is 5.86. The number of carbonyl (C=O) groups is 1. The van der Waals surface area contributed by atoms with Crippen LogP contribution in [0, 0.1) is 5.82 Å². The summed E-state index contributed by atoms with van der Waals surface area (Å²) < 4.78 is 20.6. The minimum atomic E-state index is -2.03. The molecule has 1 aromatic heterocycles. The van der Waals surface area contributed by atoms with E-state index >= 15 is 0 Å². The topological polar surface area (TPSA) is 39.2 Å². The van der Waals surface area contributed by atoms with Crippen LogP contribution in [0.4, 0.5) is 4.39 Å². The number of alkyl halides is 1. The molecule has 0 fully saturated rings. The fourth-order valence-electron chi connectivity index (χ4n) is 1.71. The second-order valence-corrected chi connectivity index (χ2v) is 12.0. The molecule has 21 heavy (non-hydrogen) atoms. The second-order valence-electron chi connectivity index (χ2n) is 6.63. The molecule has 0 N–H and O–H groups in total. The highest BCUT2D eigenvalue weighted by atomic mass is 79.9. The molecule has 0 amide bonds. The lowest BCUT2D eigenvalue weighted by Crippen LogP contribution is -2.41. The third-order valence-electron chi connectivity index (χ3n) is 4.00. The number of hydrogen-bond acceptors (Lipinski definition) is 3. The lowest BCUT2D eigenvalue weighted by Gasteiger charge is -2.38. The van der Waals surface area contributed by atoms with Gasteiger partial charge in [-0.3, -0.25) is 9.78 Å². The molecule has 118 valence electrons. The lowest BCUT2D eigenvalue weighted by molar-refractivity contribution is 0.101. The van der Waals surface area contributed by atoms with Crippen LogP contribution in [-0.2, 0) is 4.43 Å². The largest absolute Gasteiger partial charge is 0.409 e. The Morgan fingerprint density at radius 2 is 2.05 bits per heavy atom. The van der Waals surface area contributed by atoms with Gasteiger partial charge < -0.3 is 4.43 Å². The van der Waals surface area contributed by atoms with E-state index < -0.39 is 20.2 Å². The first-order valence-electron chi connectivity index (χ1n) is 6.92. The second kappa shape index (κ2) is 6.67. The number of aromatic nitrogens is 1. The van der Waals surface area contributed by atoms with Gasteiger partial charge in [0.15, 0.2) is 19.9 Å². The van der Waals surface area contributed by atoms with Crippen molar-refractivity contribution < 1.29 is 13.6 Å². The Bertz CT molecular complexity index is 529. The van der Waals surface area contributed by atoms with E-state index in [9.17, 15) is 9.18 Å². The third-order valence-corrected chi connectivity index (χ3v) is 9.07. The molecule has 0 bridgehead atoms. The summed E-state index contributed by atoms with van der Waals surface area (Å²) in [6, 6.07) is 1.40. The summed E-state index contributed by atoms with van der Waals surface area (Å²) >= 11 is 3.06. The van der Waals surface area contributed by atoms with Gasteiger partial charge in [0.25, 0.3) is 0 Å². The van der Waals surface area contributed by atoms with E-state index in [2.05, 4.69) is 54.8 Å². The average Bonchev–Trinajstić information content (AvgIpc) is 2.36. The van der Waals surface area contributed by atoms with Gasteiger partial charge in [-0.25, -0.2) is 4.39 Å². The predicted molar refractivity (Wildman–Crippen MR) is 89.0 cm³/mol. The Morgan fingerprint density at radius 1 is 1.48 bits per heavy atom. The fraction of sp³-hybridized carbons (Fsp3) is 0.600. The maximum Gasteiger partial charge on any atom is 0.192 e. The van der Waals surface area contributed by atoms with Gasteiger partial charge in [0, 0.05) is 6.20 Å². The van der Waals surface area contributed by atoms with Crippen LogP contribution in [-0.4, -0.2) is 24.4 Å². The molecule has 3 nitrogen and oxygen atoms in total. The highest BCUT2D eigenvalue weighted by Crippen LogP contribution is 2.39. The number of halogens is 2. The van der Waals surface area contributed by atoms with Crippen molar-refractivity contribution in [2.45, 2.75) is 51.9 Å². The van der Waals surface area contributed by atoms with E-state index in [1.165, 1.54) is 12.3 Å². The summed E-state index contributed by atoms with van der Waals surface area (Å²) in [5, 5.41) is 0.117. The number of ketones is 1. The molecule has 0 saturated carbocycles.